The predicted octanol–water partition coefficient (Wildman–Crippen LogP) is 2.34. The Labute approximate surface area is 121 Å². The van der Waals surface area contributed by atoms with Crippen molar-refractivity contribution < 1.29 is 9.53 Å². The highest BCUT2D eigenvalue weighted by molar-refractivity contribution is 5.81. The third kappa shape index (κ3) is 4.64. The van der Waals surface area contributed by atoms with Gasteiger partial charge in [-0.1, -0.05) is 6.92 Å². The fourth-order valence-corrected chi connectivity index (χ4v) is 1.85. The Balaban J connectivity index is 2.62. The van der Waals surface area contributed by atoms with Crippen LogP contribution >= 0.6 is 0 Å². The van der Waals surface area contributed by atoms with Crippen LogP contribution < -0.4 is 15.8 Å². The van der Waals surface area contributed by atoms with Crippen LogP contribution in [0.2, 0.25) is 0 Å². The molecule has 112 valence electrons. The summed E-state index contributed by atoms with van der Waals surface area (Å²) in [6, 6.07) is 5.47. The van der Waals surface area contributed by atoms with Crippen molar-refractivity contribution in [3.63, 3.8) is 0 Å². The molecule has 0 saturated carbocycles. The van der Waals surface area contributed by atoms with Crippen molar-refractivity contribution in [1.82, 2.24) is 4.90 Å². The molecule has 5 heteroatoms. The van der Waals surface area contributed by atoms with E-state index in [0.717, 1.165) is 25.2 Å². The van der Waals surface area contributed by atoms with Crippen LogP contribution in [0.4, 0.5) is 11.4 Å². The lowest BCUT2D eigenvalue weighted by Gasteiger charge is -2.19. The Morgan fingerprint density at radius 2 is 2.00 bits per heavy atom. The molecule has 0 aliphatic rings. The quantitative estimate of drug-likeness (QED) is 0.717. The van der Waals surface area contributed by atoms with Crippen LogP contribution in [0.1, 0.15) is 27.2 Å². The van der Waals surface area contributed by atoms with E-state index in [9.17, 15) is 4.79 Å². The van der Waals surface area contributed by atoms with Gasteiger partial charge in [0.25, 0.3) is 0 Å². The number of nitrogens with two attached hydrogens (primary N) is 1. The van der Waals surface area contributed by atoms with Gasteiger partial charge in [0, 0.05) is 24.8 Å². The lowest BCUT2D eigenvalue weighted by molar-refractivity contribution is -0.128. The minimum Gasteiger partial charge on any atom is -0.491 e. The number of benzene rings is 1. The van der Waals surface area contributed by atoms with E-state index in [2.05, 4.69) is 5.32 Å². The summed E-state index contributed by atoms with van der Waals surface area (Å²) < 4.78 is 5.56. The van der Waals surface area contributed by atoms with Crippen LogP contribution in [0.15, 0.2) is 18.2 Å². The van der Waals surface area contributed by atoms with E-state index in [1.165, 1.54) is 0 Å². The lowest BCUT2D eigenvalue weighted by Crippen LogP contribution is -2.35. The maximum atomic E-state index is 11.9. The second-order valence-electron chi connectivity index (χ2n) is 4.52. The van der Waals surface area contributed by atoms with Crippen LogP contribution in [-0.2, 0) is 4.79 Å². The van der Waals surface area contributed by atoms with Crippen LogP contribution in [0.5, 0.6) is 5.75 Å². The zero-order chi connectivity index (χ0) is 15.0. The van der Waals surface area contributed by atoms with Gasteiger partial charge in [-0.3, -0.25) is 4.79 Å². The summed E-state index contributed by atoms with van der Waals surface area (Å²) in [5.41, 5.74) is 7.30. The molecular formula is C15H25N3O2. The van der Waals surface area contributed by atoms with Gasteiger partial charge in [-0.15, -0.1) is 0 Å². The summed E-state index contributed by atoms with van der Waals surface area (Å²) in [7, 11) is 0. The second-order valence-corrected chi connectivity index (χ2v) is 4.52. The summed E-state index contributed by atoms with van der Waals surface area (Å²) in [6.45, 7) is 8.35. The number of hydrogen-bond donors (Lipinski definition) is 2. The summed E-state index contributed by atoms with van der Waals surface area (Å²) in [4.78, 5) is 13.7. The summed E-state index contributed by atoms with van der Waals surface area (Å²) in [6.07, 6.45) is 0.928. The summed E-state index contributed by atoms with van der Waals surface area (Å²) >= 11 is 0. The topological polar surface area (TPSA) is 67.6 Å². The smallest absolute Gasteiger partial charge is 0.241 e. The largest absolute Gasteiger partial charge is 0.491 e. The molecule has 0 fully saturated rings. The van der Waals surface area contributed by atoms with Crippen LogP contribution in [0, 0.1) is 0 Å². The highest BCUT2D eigenvalue weighted by Crippen LogP contribution is 2.25. The number of hydrogen-bond acceptors (Lipinski definition) is 4. The van der Waals surface area contributed by atoms with Gasteiger partial charge in [-0.2, -0.15) is 0 Å². The van der Waals surface area contributed by atoms with Crippen molar-refractivity contribution in [2.45, 2.75) is 27.2 Å². The van der Waals surface area contributed by atoms with Gasteiger partial charge in [0.05, 0.1) is 18.8 Å². The third-order valence-corrected chi connectivity index (χ3v) is 3.04. The van der Waals surface area contributed by atoms with Crippen LogP contribution in [0.25, 0.3) is 0 Å². The molecule has 0 unspecified atom stereocenters. The van der Waals surface area contributed by atoms with Gasteiger partial charge in [-0.05, 0) is 32.4 Å². The first-order chi connectivity index (χ1) is 9.62. The molecule has 1 aromatic carbocycles. The molecule has 0 bridgehead atoms. The number of anilines is 2. The van der Waals surface area contributed by atoms with Crippen LogP contribution in [0.3, 0.4) is 0 Å². The first kappa shape index (κ1) is 16.1. The monoisotopic (exact) mass is 279 g/mol. The maximum Gasteiger partial charge on any atom is 0.241 e. The van der Waals surface area contributed by atoms with Gasteiger partial charge in [-0.25, -0.2) is 0 Å². The number of nitrogens with zero attached hydrogens (tertiary/aromatic N) is 1. The average molecular weight is 279 g/mol. The Hall–Kier alpha value is -1.91. The van der Waals surface area contributed by atoms with Gasteiger partial charge in [0.2, 0.25) is 5.91 Å². The maximum absolute atomic E-state index is 11.9. The molecule has 0 atom stereocenters. The fourth-order valence-electron chi connectivity index (χ4n) is 1.85. The van der Waals surface area contributed by atoms with E-state index < -0.39 is 0 Å². The average Bonchev–Trinajstić information content (AvgIpc) is 2.46. The van der Waals surface area contributed by atoms with Gasteiger partial charge in [0.1, 0.15) is 5.75 Å². The molecule has 0 saturated heterocycles. The van der Waals surface area contributed by atoms with Crippen molar-refractivity contribution in [2.75, 3.05) is 37.3 Å². The predicted molar refractivity (Wildman–Crippen MR) is 83.1 cm³/mol. The molecule has 1 rings (SSSR count). The van der Waals surface area contributed by atoms with Gasteiger partial charge >= 0.3 is 0 Å². The Kier molecular flexibility index (Phi) is 6.70. The molecule has 20 heavy (non-hydrogen) atoms. The van der Waals surface area contributed by atoms with Crippen molar-refractivity contribution in [3.8, 4) is 5.75 Å². The molecule has 0 spiro atoms. The summed E-state index contributed by atoms with van der Waals surface area (Å²) in [5, 5.41) is 3.11. The Bertz CT molecular complexity index is 431. The fraction of sp³-hybridized carbons (Fsp3) is 0.533. The number of rotatable bonds is 8. The van der Waals surface area contributed by atoms with E-state index in [0.29, 0.717) is 18.0 Å². The molecule has 1 amide bonds. The van der Waals surface area contributed by atoms with Crippen LogP contribution in [-0.4, -0.2) is 37.0 Å². The molecule has 0 aliphatic heterocycles. The highest BCUT2D eigenvalue weighted by Gasteiger charge is 2.09. The first-order valence-corrected chi connectivity index (χ1v) is 7.16. The van der Waals surface area contributed by atoms with E-state index >= 15 is 0 Å². The number of nitrogen functional groups attached to an aromatic ring is 1. The minimum absolute atomic E-state index is 0.0860. The molecule has 3 N–H and O–H groups in total. The number of carbonyl (C=O) groups is 1. The number of amides is 1. The molecule has 0 radical (unpaired) electrons. The second kappa shape index (κ2) is 8.30. The van der Waals surface area contributed by atoms with E-state index in [1.54, 1.807) is 11.0 Å². The number of likely N-dealkylation sites (N-methyl/N-ethyl adjacent to an activating group) is 1. The summed E-state index contributed by atoms with van der Waals surface area (Å²) in [5.74, 6) is 0.745. The standard InChI is InChI=1S/C15H25N3O2/c1-4-9-20-14-10-12(7-8-13(14)16)17-11-15(19)18(5-2)6-3/h7-8,10,17H,4-6,9,11,16H2,1-3H3. The van der Waals surface area contributed by atoms with Gasteiger partial charge < -0.3 is 20.7 Å². The lowest BCUT2D eigenvalue weighted by atomic mass is 10.2. The van der Waals surface area contributed by atoms with E-state index in [-0.39, 0.29) is 12.5 Å². The third-order valence-electron chi connectivity index (χ3n) is 3.04. The van der Waals surface area contributed by atoms with E-state index in [4.69, 9.17) is 10.5 Å². The molecular weight excluding hydrogens is 254 g/mol. The SMILES string of the molecule is CCCOc1cc(NCC(=O)N(CC)CC)ccc1N. The van der Waals surface area contributed by atoms with Crippen molar-refractivity contribution in [3.05, 3.63) is 18.2 Å². The molecule has 1 aromatic rings. The zero-order valence-corrected chi connectivity index (χ0v) is 12.6. The molecule has 5 nitrogen and oxygen atoms in total. The van der Waals surface area contributed by atoms with Gasteiger partial charge in [0.15, 0.2) is 0 Å². The molecule has 0 aromatic heterocycles. The number of carbonyl (C=O) groups excluding carboxylic acids is 1. The van der Waals surface area contributed by atoms with Crippen molar-refractivity contribution in [1.29, 1.82) is 0 Å². The normalized spacial score (nSPS) is 10.2. The Morgan fingerprint density at radius 1 is 1.30 bits per heavy atom. The number of nitrogens with one attached hydrogen (secondary N) is 1. The number of ether oxygens (including phenoxy) is 1. The molecule has 0 heterocycles. The zero-order valence-electron chi connectivity index (χ0n) is 12.6. The van der Waals surface area contributed by atoms with Crippen molar-refractivity contribution >= 4 is 17.3 Å². The van der Waals surface area contributed by atoms with E-state index in [1.807, 2.05) is 32.9 Å². The molecule has 0 aliphatic carbocycles. The minimum atomic E-state index is 0.0860. The first-order valence-electron chi connectivity index (χ1n) is 7.16. The van der Waals surface area contributed by atoms with Crippen molar-refractivity contribution in [2.24, 2.45) is 0 Å². The Morgan fingerprint density at radius 3 is 2.60 bits per heavy atom. The highest BCUT2D eigenvalue weighted by atomic mass is 16.5.